The quantitative estimate of drug-likeness (QED) is 0.0311. The molecule has 4 aromatic carbocycles. The minimum Gasteiger partial charge on any atom is -0.870 e. The van der Waals surface area contributed by atoms with E-state index < -0.39 is 23.9 Å². The number of rotatable bonds is 20. The van der Waals surface area contributed by atoms with E-state index >= 15 is 0 Å². The summed E-state index contributed by atoms with van der Waals surface area (Å²) in [5, 5.41) is 23.4. The van der Waals surface area contributed by atoms with Crippen LogP contribution in [0.15, 0.2) is 48.5 Å². The van der Waals surface area contributed by atoms with Crippen molar-refractivity contribution in [2.75, 3.05) is 40.4 Å². The number of Topliss-reactive ketones (excluding diaryl/α,β-unsaturated/α-hetero) is 3. The van der Waals surface area contributed by atoms with E-state index in [1.54, 1.807) is 72.2 Å². The molecule has 31 heteroatoms. The minimum atomic E-state index is -1.06. The first-order chi connectivity index (χ1) is 42.0. The fourth-order valence-electron chi connectivity index (χ4n) is 8.65. The number of carboxylic acids is 1. The molecule has 0 saturated carbocycles. The van der Waals surface area contributed by atoms with Gasteiger partial charge >= 0.3 is 42.7 Å². The third-order valence-electron chi connectivity index (χ3n) is 13.8. The number of aromatic hydroxyl groups is 1. The summed E-state index contributed by atoms with van der Waals surface area (Å²) < 4.78 is 31.6. The molecular weight excluding hydrogens is 1410 g/mol. The molecule has 0 fully saturated rings. The molecule has 0 amide bonds. The number of aromatic nitrogens is 4. The van der Waals surface area contributed by atoms with Crippen LogP contribution in [-0.2, 0) is 56.8 Å². The van der Waals surface area contributed by atoms with E-state index in [2.05, 4.69) is 11.7 Å². The molecule has 0 atom stereocenters. The summed E-state index contributed by atoms with van der Waals surface area (Å²) in [6.45, 7) is 7.81. The van der Waals surface area contributed by atoms with Crippen molar-refractivity contribution >= 4 is 198 Å². The van der Waals surface area contributed by atoms with Crippen LogP contribution < -0.4 is 28.3 Å². The van der Waals surface area contributed by atoms with Crippen LogP contribution >= 0.6 is 104 Å². The van der Waals surface area contributed by atoms with Gasteiger partial charge in [-0.05, 0) is 62.1 Å². The fraction of sp³-hybridized carbons (Fsp3) is 0.381. The summed E-state index contributed by atoms with van der Waals surface area (Å²) in [5.41, 5.74) is 4.82. The number of nitrogens with zero attached hydrogens (tertiary/aromatic N) is 4. The summed E-state index contributed by atoms with van der Waals surface area (Å²) in [4.78, 5) is 80.0. The zero-order chi connectivity index (χ0) is 66.9. The van der Waals surface area contributed by atoms with Gasteiger partial charge in [-0.2, -0.15) is 0 Å². The van der Waals surface area contributed by atoms with Gasteiger partial charge in [-0.15, -0.1) is 11.6 Å². The summed E-state index contributed by atoms with van der Waals surface area (Å²) in [7, 11) is 10.8. The molecule has 4 heterocycles. The molecule has 3 radical (unpaired) electrons. The second-order valence-electron chi connectivity index (χ2n) is 19.9. The monoisotopic (exact) mass is 1480 g/mol. The Balaban J connectivity index is 0. The molecule has 94 heavy (non-hydrogen) atoms. The van der Waals surface area contributed by atoms with E-state index in [0.717, 1.165) is 55.0 Å². The Morgan fingerprint density at radius 2 is 0.745 bits per heavy atom. The molecule has 19 nitrogen and oxygen atoms in total. The topological polar surface area (TPSA) is 256 Å². The standard InChI is InChI=1S/C17H19Cl2NO4.C16H17Cl2NO4.C12H11Cl2NO2.C11H9Cl2NO3.C6H11ClO.CH4.B.FH.Li.H2O/c1-4-5-6-10(21)9-24-14-8-12-11(15(18)16(14)19)7-13(20(12)2)17(22)23-3;1-3-4-5-9(20)8-23-13-7-11-10(14(17)15(13)18)6-12(16(21)22)19(11)2;1-6-4-8-7(11(14)10(6)13)5-9(15(8)2)12(16)17-3;1-14-6-4-8(15)10(13)9(12)5(6)3-7(14)11(16)17-2;1-2-3-4-6(8)5-7;;;;;/h7-8H,4-6,9H2,1-3H3;6-7H,3-5,8H2,1-2H3,(H,21,22);4-5H,1-3H3;3-4,15H,1-2H3;2-5H2,1H3;1H4;;1H;;1H2/q;;;;;;;;+1;/p-1. The number of carboxylic acid groups (broad SMARTS) is 1. The van der Waals surface area contributed by atoms with Crippen LogP contribution in [0.3, 0.4) is 0 Å². The number of phenolic OH excluding ortho intramolecular Hbond substituents is 1. The van der Waals surface area contributed by atoms with E-state index in [1.807, 2.05) is 26.8 Å². The van der Waals surface area contributed by atoms with E-state index in [1.165, 1.54) is 38.0 Å². The van der Waals surface area contributed by atoms with Gasteiger partial charge in [-0.1, -0.05) is 140 Å². The number of alkyl halides is 1. The fourth-order valence-corrected chi connectivity index (χ4v) is 10.6. The van der Waals surface area contributed by atoms with Crippen LogP contribution in [0, 0.1) is 6.92 Å². The van der Waals surface area contributed by atoms with Gasteiger partial charge in [0.25, 0.3) is 0 Å². The van der Waals surface area contributed by atoms with Gasteiger partial charge in [0.05, 0.1) is 74.4 Å². The number of ether oxygens (including phenoxy) is 5. The molecule has 0 spiro atoms. The van der Waals surface area contributed by atoms with Gasteiger partial charge in [0.15, 0.2) is 11.6 Å². The van der Waals surface area contributed by atoms with E-state index in [9.17, 15) is 43.8 Å². The number of benzene rings is 4. The second-order valence-corrected chi connectivity index (χ2v) is 23.1. The number of carbonyl (C=O) groups excluding carboxylic acids is 6. The van der Waals surface area contributed by atoms with Crippen molar-refractivity contribution in [3.8, 4) is 17.2 Å². The van der Waals surface area contributed by atoms with Gasteiger partial charge in [0.2, 0.25) is 0 Å². The number of hydrogen-bond acceptors (Lipinski definition) is 14. The molecule has 509 valence electrons. The number of fused-ring (bicyclic) bond motifs is 4. The Kier molecular flexibility index (Phi) is 40.7. The maximum absolute atomic E-state index is 11.8. The Bertz CT molecular complexity index is 3860. The molecular formula is C63H73BCl9FLiN4O15. The van der Waals surface area contributed by atoms with Crippen molar-refractivity contribution in [1.29, 1.82) is 0 Å². The van der Waals surface area contributed by atoms with E-state index in [-0.39, 0.29) is 129 Å². The predicted molar refractivity (Wildman–Crippen MR) is 371 cm³/mol. The van der Waals surface area contributed by atoms with Crippen molar-refractivity contribution in [1.82, 2.24) is 18.3 Å². The molecule has 3 N–H and O–H groups in total. The normalized spacial score (nSPS) is 10.2. The molecule has 8 aromatic rings. The van der Waals surface area contributed by atoms with Crippen molar-refractivity contribution in [3.63, 3.8) is 0 Å². The SMILES string of the molecule is C.CCCCC(=O)CCl.CCCCC(=O)COc1cc2c(cc(C(=O)O)n2C)c(Cl)c1Cl.CCCCC(=O)COc1cc2c(cc(C(=O)OC)n2C)c(Cl)c1Cl.COC(=O)c1cc2c(Cl)c(Cl)c(C)cc2n1C.COC(=O)c1cc2c(Cl)c(Cl)c(O)cc2n1C.F.[B].[Li+].[OH-]. The molecule has 0 bridgehead atoms. The summed E-state index contributed by atoms with van der Waals surface area (Å²) >= 11 is 54.2. The largest absolute Gasteiger partial charge is 1.00 e. The Morgan fingerprint density at radius 1 is 0.457 bits per heavy atom. The first kappa shape index (κ1) is 90.6. The smallest absolute Gasteiger partial charge is 0.870 e. The molecule has 8 rings (SSSR count). The van der Waals surface area contributed by atoms with Crippen LogP contribution in [-0.4, -0.2) is 124 Å². The van der Waals surface area contributed by atoms with Crippen LogP contribution in [0.1, 0.15) is 134 Å². The minimum absolute atomic E-state index is 0. The second kappa shape index (κ2) is 42.2. The Labute approximate surface area is 603 Å². The van der Waals surface area contributed by atoms with Crippen LogP contribution in [0.2, 0.25) is 40.2 Å². The first-order valence-corrected chi connectivity index (χ1v) is 31.0. The van der Waals surface area contributed by atoms with Gasteiger partial charge in [-0.3, -0.25) is 19.1 Å². The average molecular weight is 1480 g/mol. The molecule has 0 aliphatic carbocycles. The van der Waals surface area contributed by atoms with Gasteiger partial charge < -0.3 is 57.6 Å². The molecule has 0 saturated heterocycles. The third kappa shape index (κ3) is 22.3. The van der Waals surface area contributed by atoms with Crippen LogP contribution in [0.4, 0.5) is 4.70 Å². The Hall–Kier alpha value is -5.51. The number of aromatic carboxylic acids is 1. The third-order valence-corrected chi connectivity index (χ3v) is 17.6. The van der Waals surface area contributed by atoms with E-state index in [4.69, 9.17) is 123 Å². The van der Waals surface area contributed by atoms with E-state index in [0.29, 0.717) is 84.8 Å². The van der Waals surface area contributed by atoms with Crippen molar-refractivity contribution in [3.05, 3.63) is 117 Å². The first-order valence-electron chi connectivity index (χ1n) is 27.4. The number of hydrogen-bond donors (Lipinski definition) is 2. The summed E-state index contributed by atoms with van der Waals surface area (Å²) in [6, 6.07) is 13.0. The maximum Gasteiger partial charge on any atom is 1.00 e. The van der Waals surface area contributed by atoms with Gasteiger partial charge in [-0.25, -0.2) is 19.2 Å². The zero-order valence-corrected chi connectivity index (χ0v) is 59.8. The Morgan fingerprint density at radius 3 is 1.06 bits per heavy atom. The zero-order valence-electron chi connectivity index (χ0n) is 53.0. The molecule has 0 unspecified atom stereocenters. The number of halogens is 10. The maximum atomic E-state index is 11.8. The number of aryl methyl sites for hydroxylation is 5. The summed E-state index contributed by atoms with van der Waals surface area (Å²) in [5.74, 6) is -1.61. The predicted octanol–water partition coefficient (Wildman–Crippen LogP) is 14.5. The molecule has 4 aromatic heterocycles. The van der Waals surface area contributed by atoms with Crippen LogP contribution in [0.5, 0.6) is 17.2 Å². The van der Waals surface area contributed by atoms with Gasteiger partial charge in [0.1, 0.15) is 74.1 Å². The summed E-state index contributed by atoms with van der Waals surface area (Å²) in [6.07, 6.45) is 7.16. The van der Waals surface area contributed by atoms with Crippen LogP contribution in [0.25, 0.3) is 43.6 Å². The average Bonchev–Trinajstić information content (AvgIpc) is 1.64. The molecule has 0 aliphatic rings. The number of phenols is 1. The number of unbranched alkanes of at least 4 members (excludes halogenated alkanes) is 3. The van der Waals surface area contributed by atoms with Gasteiger partial charge in [0, 0.05) is 95.6 Å². The van der Waals surface area contributed by atoms with Crippen molar-refractivity contribution < 1.29 is 96.5 Å². The van der Waals surface area contributed by atoms with Crippen molar-refractivity contribution in [2.24, 2.45) is 28.2 Å². The number of esters is 3. The van der Waals surface area contributed by atoms with Crippen molar-refractivity contribution in [2.45, 2.75) is 92.9 Å². The number of ketones is 3. The molecule has 0 aliphatic heterocycles. The number of carbonyl (C=O) groups is 7. The number of methoxy groups -OCH3 is 3.